The number of carboxylic acids is 1. The van der Waals surface area contributed by atoms with Gasteiger partial charge in [0.1, 0.15) is 0 Å². The van der Waals surface area contributed by atoms with Crippen LogP contribution in [0.3, 0.4) is 0 Å². The SMILES string of the molecule is CC(=O)O.OC1CC(OCc2ccccc2)CCO1. The Hall–Kier alpha value is -1.43. The van der Waals surface area contributed by atoms with Gasteiger partial charge in [-0.3, -0.25) is 4.79 Å². The second-order valence-corrected chi connectivity index (χ2v) is 4.29. The second kappa shape index (κ2) is 8.63. The second-order valence-electron chi connectivity index (χ2n) is 4.29. The highest BCUT2D eigenvalue weighted by Gasteiger charge is 2.20. The van der Waals surface area contributed by atoms with E-state index in [9.17, 15) is 5.11 Å². The van der Waals surface area contributed by atoms with Crippen molar-refractivity contribution in [3.05, 3.63) is 35.9 Å². The summed E-state index contributed by atoms with van der Waals surface area (Å²) < 4.78 is 10.7. The molecule has 5 nitrogen and oxygen atoms in total. The maximum Gasteiger partial charge on any atom is 0.300 e. The third-order valence-electron chi connectivity index (χ3n) is 2.54. The van der Waals surface area contributed by atoms with E-state index in [2.05, 4.69) is 0 Å². The summed E-state index contributed by atoms with van der Waals surface area (Å²) in [6, 6.07) is 10.1. The minimum absolute atomic E-state index is 0.119. The van der Waals surface area contributed by atoms with Crippen LogP contribution in [0, 0.1) is 0 Å². The highest BCUT2D eigenvalue weighted by atomic mass is 16.6. The summed E-state index contributed by atoms with van der Waals surface area (Å²) in [5, 5.41) is 16.7. The maximum atomic E-state index is 9.27. The summed E-state index contributed by atoms with van der Waals surface area (Å²) in [6.45, 7) is 2.28. The van der Waals surface area contributed by atoms with E-state index < -0.39 is 12.3 Å². The van der Waals surface area contributed by atoms with Crippen molar-refractivity contribution in [2.75, 3.05) is 6.61 Å². The van der Waals surface area contributed by atoms with E-state index in [4.69, 9.17) is 19.4 Å². The van der Waals surface area contributed by atoms with E-state index in [-0.39, 0.29) is 6.10 Å². The van der Waals surface area contributed by atoms with Crippen LogP contribution in [-0.4, -0.2) is 35.2 Å². The summed E-state index contributed by atoms with van der Waals surface area (Å²) >= 11 is 0. The van der Waals surface area contributed by atoms with Crippen LogP contribution < -0.4 is 0 Å². The number of rotatable bonds is 3. The van der Waals surface area contributed by atoms with Crippen molar-refractivity contribution in [3.8, 4) is 0 Å². The van der Waals surface area contributed by atoms with Crippen molar-refractivity contribution in [1.82, 2.24) is 0 Å². The molecule has 0 aromatic heterocycles. The number of benzene rings is 1. The van der Waals surface area contributed by atoms with E-state index in [1.807, 2.05) is 30.3 Å². The third-order valence-corrected chi connectivity index (χ3v) is 2.54. The molecule has 0 radical (unpaired) electrons. The number of ether oxygens (including phenoxy) is 2. The topological polar surface area (TPSA) is 76.0 Å². The van der Waals surface area contributed by atoms with E-state index in [0.717, 1.165) is 13.3 Å². The largest absolute Gasteiger partial charge is 0.481 e. The Bertz CT molecular complexity index is 361. The third kappa shape index (κ3) is 7.56. The molecule has 0 bridgehead atoms. The summed E-state index contributed by atoms with van der Waals surface area (Å²) in [5.74, 6) is -0.833. The van der Waals surface area contributed by atoms with Crippen molar-refractivity contribution < 1.29 is 24.5 Å². The van der Waals surface area contributed by atoms with Gasteiger partial charge in [-0.1, -0.05) is 30.3 Å². The van der Waals surface area contributed by atoms with Crippen LogP contribution in [0.5, 0.6) is 0 Å². The van der Waals surface area contributed by atoms with Crippen molar-refractivity contribution in [1.29, 1.82) is 0 Å². The van der Waals surface area contributed by atoms with Gasteiger partial charge in [-0.05, 0) is 12.0 Å². The lowest BCUT2D eigenvalue weighted by Gasteiger charge is -2.26. The van der Waals surface area contributed by atoms with Crippen LogP contribution >= 0.6 is 0 Å². The lowest BCUT2D eigenvalue weighted by atomic mass is 10.1. The zero-order valence-corrected chi connectivity index (χ0v) is 11.0. The van der Waals surface area contributed by atoms with Crippen molar-refractivity contribution >= 4 is 5.97 Å². The molecule has 0 saturated carbocycles. The molecule has 1 aromatic rings. The molecule has 2 N–H and O–H groups in total. The van der Waals surface area contributed by atoms with Gasteiger partial charge in [-0.25, -0.2) is 0 Å². The van der Waals surface area contributed by atoms with Crippen LogP contribution in [0.25, 0.3) is 0 Å². The molecule has 2 rings (SSSR count). The number of aliphatic carboxylic acids is 1. The lowest BCUT2D eigenvalue weighted by Crippen LogP contribution is -2.30. The standard InChI is InChI=1S/C12H16O3.C2H4O2/c13-12-8-11(6-7-14-12)15-9-10-4-2-1-3-5-10;1-2(3)4/h1-5,11-13H,6-9H2;1H3,(H,3,4). The fourth-order valence-electron chi connectivity index (χ4n) is 1.69. The van der Waals surface area contributed by atoms with Crippen LogP contribution in [0.15, 0.2) is 30.3 Å². The van der Waals surface area contributed by atoms with Crippen LogP contribution in [0.4, 0.5) is 0 Å². The molecule has 1 heterocycles. The van der Waals surface area contributed by atoms with Gasteiger partial charge in [-0.15, -0.1) is 0 Å². The minimum atomic E-state index is -0.833. The molecule has 1 aliphatic heterocycles. The first-order chi connectivity index (χ1) is 9.08. The lowest BCUT2D eigenvalue weighted by molar-refractivity contribution is -0.165. The molecule has 1 saturated heterocycles. The Balaban J connectivity index is 0.000000399. The normalized spacial score (nSPS) is 22.2. The van der Waals surface area contributed by atoms with Gasteiger partial charge >= 0.3 is 0 Å². The van der Waals surface area contributed by atoms with Gasteiger partial charge in [0.2, 0.25) is 0 Å². The summed E-state index contributed by atoms with van der Waals surface area (Å²) in [7, 11) is 0. The van der Waals surface area contributed by atoms with Gasteiger partial charge in [0.25, 0.3) is 5.97 Å². The average Bonchev–Trinajstić information content (AvgIpc) is 2.37. The van der Waals surface area contributed by atoms with E-state index >= 15 is 0 Å². The first kappa shape index (κ1) is 15.6. The Kier molecular flexibility index (Phi) is 7.10. The number of hydrogen-bond acceptors (Lipinski definition) is 4. The number of aliphatic hydroxyl groups excluding tert-OH is 1. The van der Waals surface area contributed by atoms with E-state index in [1.165, 1.54) is 5.56 Å². The highest BCUT2D eigenvalue weighted by molar-refractivity contribution is 5.62. The summed E-state index contributed by atoms with van der Waals surface area (Å²) in [5.41, 5.74) is 1.17. The van der Waals surface area contributed by atoms with E-state index in [0.29, 0.717) is 19.6 Å². The molecule has 1 aliphatic rings. The molecule has 1 fully saturated rings. The number of hydrogen-bond donors (Lipinski definition) is 2. The first-order valence-corrected chi connectivity index (χ1v) is 6.22. The summed E-state index contributed by atoms with van der Waals surface area (Å²) in [4.78, 5) is 9.00. The molecule has 19 heavy (non-hydrogen) atoms. The average molecular weight is 268 g/mol. The van der Waals surface area contributed by atoms with Gasteiger partial charge in [-0.2, -0.15) is 0 Å². The minimum Gasteiger partial charge on any atom is -0.481 e. The smallest absolute Gasteiger partial charge is 0.300 e. The zero-order chi connectivity index (χ0) is 14.1. The van der Waals surface area contributed by atoms with Crippen molar-refractivity contribution in [2.45, 2.75) is 38.8 Å². The van der Waals surface area contributed by atoms with Crippen LogP contribution in [0.1, 0.15) is 25.3 Å². The van der Waals surface area contributed by atoms with Crippen LogP contribution in [0.2, 0.25) is 0 Å². The fraction of sp³-hybridized carbons (Fsp3) is 0.500. The Morgan fingerprint density at radius 1 is 1.42 bits per heavy atom. The van der Waals surface area contributed by atoms with E-state index in [1.54, 1.807) is 0 Å². The number of carbonyl (C=O) groups is 1. The zero-order valence-electron chi connectivity index (χ0n) is 11.0. The van der Waals surface area contributed by atoms with Crippen molar-refractivity contribution in [2.24, 2.45) is 0 Å². The van der Waals surface area contributed by atoms with Crippen molar-refractivity contribution in [3.63, 3.8) is 0 Å². The van der Waals surface area contributed by atoms with Gasteiger partial charge in [0.15, 0.2) is 6.29 Å². The van der Waals surface area contributed by atoms with Gasteiger partial charge in [0, 0.05) is 13.3 Å². The molecule has 0 aliphatic carbocycles. The summed E-state index contributed by atoms with van der Waals surface area (Å²) in [6.07, 6.45) is 0.907. The molecule has 106 valence electrons. The molecular weight excluding hydrogens is 248 g/mol. The molecular formula is C14H20O5. The molecule has 0 amide bonds. The molecule has 1 aromatic carbocycles. The fourth-order valence-corrected chi connectivity index (χ4v) is 1.69. The van der Waals surface area contributed by atoms with Crippen LogP contribution in [-0.2, 0) is 20.9 Å². The Morgan fingerprint density at radius 2 is 2.05 bits per heavy atom. The molecule has 0 spiro atoms. The molecule has 2 unspecified atom stereocenters. The Labute approximate surface area is 112 Å². The highest BCUT2D eigenvalue weighted by Crippen LogP contribution is 2.16. The maximum absolute atomic E-state index is 9.27. The number of aliphatic hydroxyl groups is 1. The predicted molar refractivity (Wildman–Crippen MR) is 69.5 cm³/mol. The predicted octanol–water partition coefficient (Wildman–Crippen LogP) is 1.79. The molecule has 5 heteroatoms. The van der Waals surface area contributed by atoms with Gasteiger partial charge < -0.3 is 19.7 Å². The molecule has 2 atom stereocenters. The van der Waals surface area contributed by atoms with Gasteiger partial charge in [0.05, 0.1) is 19.3 Å². The number of carboxylic acid groups (broad SMARTS) is 1. The monoisotopic (exact) mass is 268 g/mol. The first-order valence-electron chi connectivity index (χ1n) is 6.22. The quantitative estimate of drug-likeness (QED) is 0.874. The Morgan fingerprint density at radius 3 is 2.63 bits per heavy atom.